The van der Waals surface area contributed by atoms with Gasteiger partial charge in [0.15, 0.2) is 0 Å². The Labute approximate surface area is 107 Å². The van der Waals surface area contributed by atoms with E-state index in [1.807, 2.05) is 0 Å². The van der Waals surface area contributed by atoms with Gasteiger partial charge in [-0.15, -0.1) is 0 Å². The molecule has 2 amide bonds. The van der Waals surface area contributed by atoms with Crippen LogP contribution in [0.1, 0.15) is 38.5 Å². The van der Waals surface area contributed by atoms with Crippen LogP contribution < -0.4 is 0 Å². The standard InChI is InChI=1S/C12H20N4O2/c17-11(12(18)15-7-3-1-4-8-15)13-14-16-9-5-2-6-10-16/h1-10H2. The lowest BCUT2D eigenvalue weighted by atomic mass is 10.1. The third-order valence-corrected chi connectivity index (χ3v) is 3.42. The topological polar surface area (TPSA) is 65.3 Å². The summed E-state index contributed by atoms with van der Waals surface area (Å²) in [5.41, 5.74) is 0. The smallest absolute Gasteiger partial charge is 0.334 e. The molecule has 0 aromatic rings. The van der Waals surface area contributed by atoms with Crippen LogP contribution >= 0.6 is 0 Å². The lowest BCUT2D eigenvalue weighted by Crippen LogP contribution is -2.39. The van der Waals surface area contributed by atoms with Crippen LogP contribution in [0.5, 0.6) is 0 Å². The van der Waals surface area contributed by atoms with Crippen molar-refractivity contribution in [2.75, 3.05) is 26.2 Å². The molecule has 0 N–H and O–H groups in total. The molecule has 2 heterocycles. The van der Waals surface area contributed by atoms with Crippen molar-refractivity contribution in [2.45, 2.75) is 38.5 Å². The third kappa shape index (κ3) is 3.51. The van der Waals surface area contributed by atoms with Crippen molar-refractivity contribution >= 4 is 11.8 Å². The quantitative estimate of drug-likeness (QED) is 0.523. The monoisotopic (exact) mass is 252 g/mol. The predicted molar refractivity (Wildman–Crippen MR) is 65.7 cm³/mol. The number of hydrogen-bond donors (Lipinski definition) is 0. The summed E-state index contributed by atoms with van der Waals surface area (Å²) in [5, 5.41) is 9.17. The van der Waals surface area contributed by atoms with E-state index in [1.54, 1.807) is 9.91 Å². The first-order valence-electron chi connectivity index (χ1n) is 6.77. The van der Waals surface area contributed by atoms with Crippen LogP contribution in [0.2, 0.25) is 0 Å². The summed E-state index contributed by atoms with van der Waals surface area (Å²) in [6.45, 7) is 3.00. The van der Waals surface area contributed by atoms with E-state index in [0.717, 1.165) is 45.2 Å². The van der Waals surface area contributed by atoms with E-state index < -0.39 is 11.8 Å². The van der Waals surface area contributed by atoms with Gasteiger partial charge in [-0.05, 0) is 38.5 Å². The lowest BCUT2D eigenvalue weighted by Gasteiger charge is -2.25. The summed E-state index contributed by atoms with van der Waals surface area (Å²) in [6.07, 6.45) is 6.44. The maximum absolute atomic E-state index is 11.8. The molecule has 2 saturated heterocycles. The molecule has 0 saturated carbocycles. The highest BCUT2D eigenvalue weighted by Crippen LogP contribution is 2.11. The summed E-state index contributed by atoms with van der Waals surface area (Å²) in [5.74, 6) is -1.24. The number of carbonyl (C=O) groups is 2. The fraction of sp³-hybridized carbons (Fsp3) is 0.833. The van der Waals surface area contributed by atoms with Crippen LogP contribution in [0.3, 0.4) is 0 Å². The highest BCUT2D eigenvalue weighted by molar-refractivity contribution is 6.35. The zero-order valence-electron chi connectivity index (χ0n) is 10.7. The minimum Gasteiger partial charge on any atom is -0.334 e. The van der Waals surface area contributed by atoms with Crippen LogP contribution in [-0.4, -0.2) is 47.9 Å². The second-order valence-electron chi connectivity index (χ2n) is 4.86. The van der Waals surface area contributed by atoms with E-state index in [0.29, 0.717) is 13.1 Å². The molecule has 0 atom stereocenters. The van der Waals surface area contributed by atoms with Crippen molar-refractivity contribution in [3.05, 3.63) is 0 Å². The molecule has 0 radical (unpaired) electrons. The molecular weight excluding hydrogens is 232 g/mol. The van der Waals surface area contributed by atoms with Gasteiger partial charge < -0.3 is 4.90 Å². The third-order valence-electron chi connectivity index (χ3n) is 3.42. The largest absolute Gasteiger partial charge is 0.354 e. The van der Waals surface area contributed by atoms with E-state index in [4.69, 9.17) is 0 Å². The van der Waals surface area contributed by atoms with Crippen molar-refractivity contribution in [1.29, 1.82) is 0 Å². The first kappa shape index (κ1) is 13.0. The number of rotatable bonds is 1. The second-order valence-corrected chi connectivity index (χ2v) is 4.86. The minimum absolute atomic E-state index is 0.504. The molecule has 100 valence electrons. The Bertz CT molecular complexity index is 331. The van der Waals surface area contributed by atoms with Crippen LogP contribution in [-0.2, 0) is 9.59 Å². The maximum atomic E-state index is 11.8. The molecule has 0 bridgehead atoms. The SMILES string of the molecule is O=C(N=NN1CCCCC1)C(=O)N1CCCCC1. The first-order valence-corrected chi connectivity index (χ1v) is 6.77. The molecule has 2 aliphatic heterocycles. The minimum atomic E-state index is -0.734. The van der Waals surface area contributed by atoms with Gasteiger partial charge in [-0.25, -0.2) is 0 Å². The highest BCUT2D eigenvalue weighted by Gasteiger charge is 2.23. The summed E-state index contributed by atoms with van der Waals surface area (Å²) >= 11 is 0. The Balaban J connectivity index is 1.82. The maximum Gasteiger partial charge on any atom is 0.354 e. The van der Waals surface area contributed by atoms with Gasteiger partial charge in [-0.3, -0.25) is 14.6 Å². The van der Waals surface area contributed by atoms with Crippen molar-refractivity contribution in [3.8, 4) is 0 Å². The van der Waals surface area contributed by atoms with Gasteiger partial charge in [-0.2, -0.15) is 0 Å². The molecule has 0 unspecified atom stereocenters. The van der Waals surface area contributed by atoms with Crippen LogP contribution in [0.25, 0.3) is 0 Å². The van der Waals surface area contributed by atoms with Crippen molar-refractivity contribution in [1.82, 2.24) is 9.91 Å². The van der Waals surface area contributed by atoms with E-state index in [2.05, 4.69) is 10.3 Å². The predicted octanol–water partition coefficient (Wildman–Crippen LogP) is 1.38. The van der Waals surface area contributed by atoms with Gasteiger partial charge in [0.25, 0.3) is 0 Å². The van der Waals surface area contributed by atoms with Gasteiger partial charge >= 0.3 is 11.8 Å². The number of nitrogens with zero attached hydrogens (tertiary/aromatic N) is 4. The average molecular weight is 252 g/mol. The molecule has 2 aliphatic rings. The first-order chi connectivity index (χ1) is 8.77. The zero-order chi connectivity index (χ0) is 12.8. The Kier molecular flexibility index (Phi) is 4.66. The summed E-state index contributed by atoms with van der Waals surface area (Å²) in [7, 11) is 0. The van der Waals surface area contributed by atoms with Crippen molar-refractivity contribution in [3.63, 3.8) is 0 Å². The second kappa shape index (κ2) is 6.47. The molecule has 0 aromatic carbocycles. The summed E-state index contributed by atoms with van der Waals surface area (Å²) in [6, 6.07) is 0. The Morgan fingerprint density at radius 1 is 0.778 bits per heavy atom. The van der Waals surface area contributed by atoms with Gasteiger partial charge in [0.05, 0.1) is 0 Å². The van der Waals surface area contributed by atoms with Gasteiger partial charge in [-0.1, -0.05) is 10.3 Å². The van der Waals surface area contributed by atoms with Crippen molar-refractivity contribution < 1.29 is 9.59 Å². The molecule has 6 heteroatoms. The van der Waals surface area contributed by atoms with Crippen molar-refractivity contribution in [2.24, 2.45) is 10.3 Å². The van der Waals surface area contributed by atoms with E-state index in [-0.39, 0.29) is 0 Å². The summed E-state index contributed by atoms with van der Waals surface area (Å²) < 4.78 is 0. The molecule has 18 heavy (non-hydrogen) atoms. The zero-order valence-corrected chi connectivity index (χ0v) is 10.7. The van der Waals surface area contributed by atoms with E-state index >= 15 is 0 Å². The molecule has 2 rings (SSSR count). The molecular formula is C12H20N4O2. The lowest BCUT2D eigenvalue weighted by molar-refractivity contribution is -0.145. The number of amides is 2. The average Bonchev–Trinajstić information content (AvgIpc) is 2.46. The summed E-state index contributed by atoms with van der Waals surface area (Å²) in [4.78, 5) is 25.0. The molecule has 6 nitrogen and oxygen atoms in total. The van der Waals surface area contributed by atoms with Gasteiger partial charge in [0, 0.05) is 26.2 Å². The number of piperidine rings is 2. The Hall–Kier alpha value is -1.46. The molecule has 0 spiro atoms. The molecule has 0 aromatic heterocycles. The Morgan fingerprint density at radius 2 is 1.33 bits per heavy atom. The van der Waals surface area contributed by atoms with Crippen LogP contribution in [0.4, 0.5) is 0 Å². The molecule has 0 aliphatic carbocycles. The fourth-order valence-corrected chi connectivity index (χ4v) is 2.35. The normalized spacial score (nSPS) is 21.3. The van der Waals surface area contributed by atoms with Gasteiger partial charge in [0.2, 0.25) is 0 Å². The number of likely N-dealkylation sites (tertiary alicyclic amines) is 1. The Morgan fingerprint density at radius 3 is 1.94 bits per heavy atom. The number of carbonyl (C=O) groups excluding carboxylic acids is 2. The number of hydrogen-bond acceptors (Lipinski definition) is 3. The van der Waals surface area contributed by atoms with Gasteiger partial charge in [0.1, 0.15) is 0 Å². The van der Waals surface area contributed by atoms with E-state index in [9.17, 15) is 9.59 Å². The van der Waals surface area contributed by atoms with Crippen LogP contribution in [0, 0.1) is 0 Å². The molecule has 2 fully saturated rings. The fourth-order valence-electron chi connectivity index (χ4n) is 2.35. The van der Waals surface area contributed by atoms with Crippen LogP contribution in [0.15, 0.2) is 10.3 Å². The van der Waals surface area contributed by atoms with E-state index in [1.165, 1.54) is 6.42 Å². The highest BCUT2D eigenvalue weighted by atomic mass is 16.2.